The van der Waals surface area contributed by atoms with Crippen LogP contribution in [0.25, 0.3) is 0 Å². The van der Waals surface area contributed by atoms with Crippen LogP contribution in [0, 0.1) is 45.3 Å². The van der Waals surface area contributed by atoms with Crippen molar-refractivity contribution in [3.63, 3.8) is 0 Å². The summed E-state index contributed by atoms with van der Waals surface area (Å²) in [7, 11) is -9.15. The number of carbonyl (C=O) groups excluding carboxylic acids is 2. The third kappa shape index (κ3) is 11.8. The molecule has 0 radical (unpaired) electrons. The van der Waals surface area contributed by atoms with Crippen molar-refractivity contribution in [2.24, 2.45) is 45.3 Å². The predicted octanol–water partition coefficient (Wildman–Crippen LogP) is 0.553. The second-order valence-electron chi connectivity index (χ2n) is 26.3. The minimum absolute atomic E-state index is 0.0153. The molecule has 27 atom stereocenters. The van der Waals surface area contributed by atoms with E-state index in [1.54, 1.807) is 0 Å². The number of allylic oxidation sites excluding steroid dienone is 2. The number of Topliss-reactive ketones (excluding diaryl/α,β-unsaturated/α-hetero) is 1. The van der Waals surface area contributed by atoms with E-state index in [9.17, 15) is 71.3 Å². The minimum Gasteiger partial charge on any atom is -0.458 e. The molecule has 8 fully saturated rings. The molecule has 4 aliphatic carbocycles. The lowest BCUT2D eigenvalue weighted by atomic mass is 9.41. The molecule has 9 aliphatic rings. The first-order valence-electron chi connectivity index (χ1n) is 28.8. The number of aliphatic hydroxyl groups excluding tert-OH is 7. The lowest BCUT2D eigenvalue weighted by Crippen LogP contribution is -2.67. The highest BCUT2D eigenvalue weighted by Gasteiger charge is 2.79. The Morgan fingerprint density at radius 2 is 1.33 bits per heavy atom. The maximum absolute atomic E-state index is 14.4. The summed E-state index contributed by atoms with van der Waals surface area (Å²) in [5.41, 5.74) is -2.47. The summed E-state index contributed by atoms with van der Waals surface area (Å²) >= 11 is 0. The summed E-state index contributed by atoms with van der Waals surface area (Å²) in [6, 6.07) is 0. The van der Waals surface area contributed by atoms with E-state index in [-0.39, 0.29) is 35.4 Å². The number of hydrogen-bond acceptors (Lipinski definition) is 25. The Hall–Kier alpha value is -2.02. The van der Waals surface area contributed by atoms with Crippen molar-refractivity contribution < 1.29 is 127 Å². The van der Waals surface area contributed by atoms with Gasteiger partial charge in [-0.05, 0) is 94.3 Å². The maximum Gasteiger partial charge on any atom is 0.397 e. The fourth-order valence-corrected chi connectivity index (χ4v) is 17.0. The van der Waals surface area contributed by atoms with Gasteiger partial charge in [0.25, 0.3) is 0 Å². The monoisotopic (exact) mass is 1230 g/mol. The lowest BCUT2D eigenvalue weighted by Gasteiger charge is -2.63. The Bertz CT molecular complexity index is 2620. The first-order valence-corrected chi connectivity index (χ1v) is 31.5. The zero-order valence-corrected chi connectivity index (χ0v) is 50.0. The van der Waals surface area contributed by atoms with E-state index in [2.05, 4.69) is 51.8 Å². The van der Waals surface area contributed by atoms with Crippen LogP contribution in [-0.2, 0) is 86.1 Å². The summed E-state index contributed by atoms with van der Waals surface area (Å²) in [4.78, 5) is 28.8. The van der Waals surface area contributed by atoms with Gasteiger partial charge in [-0.3, -0.25) is 18.7 Å². The smallest absolute Gasteiger partial charge is 0.397 e. The summed E-state index contributed by atoms with van der Waals surface area (Å²) in [6.07, 6.45) is -25.8. The molecule has 5 heterocycles. The van der Waals surface area contributed by atoms with Crippen molar-refractivity contribution in [3.8, 4) is 0 Å². The van der Waals surface area contributed by atoms with Crippen LogP contribution in [-0.4, -0.2) is 222 Å². The lowest BCUT2D eigenvalue weighted by molar-refractivity contribution is -0.388. The molecular weight excluding hydrogens is 1140 g/mol. The van der Waals surface area contributed by atoms with Gasteiger partial charge in [-0.1, -0.05) is 59.6 Å². The van der Waals surface area contributed by atoms with Gasteiger partial charge in [0.2, 0.25) is 0 Å². The Balaban J connectivity index is 0.916. The van der Waals surface area contributed by atoms with E-state index in [1.165, 1.54) is 21.0 Å². The van der Waals surface area contributed by atoms with Crippen molar-refractivity contribution in [1.29, 1.82) is 0 Å². The van der Waals surface area contributed by atoms with Crippen LogP contribution in [0.5, 0.6) is 0 Å². The van der Waals surface area contributed by atoms with E-state index in [4.69, 9.17) is 51.6 Å². The topological polar surface area (TPSA) is 395 Å². The Kier molecular flexibility index (Phi) is 18.7. The molecular formula is C54H86O27S2. The van der Waals surface area contributed by atoms with Crippen LogP contribution in [0.2, 0.25) is 0 Å². The fourth-order valence-electron chi connectivity index (χ4n) is 16.3. The highest BCUT2D eigenvalue weighted by atomic mass is 32.3. The summed E-state index contributed by atoms with van der Waals surface area (Å²) < 4.78 is 135. The third-order valence-electron chi connectivity index (χ3n) is 20.4. The molecule has 9 rings (SSSR count). The second kappa shape index (κ2) is 23.7. The van der Waals surface area contributed by atoms with Gasteiger partial charge in [0.05, 0.1) is 42.9 Å². The van der Waals surface area contributed by atoms with Crippen LogP contribution in [0.15, 0.2) is 11.6 Å². The third-order valence-corrected chi connectivity index (χ3v) is 21.4. The van der Waals surface area contributed by atoms with Crippen molar-refractivity contribution in [2.45, 2.75) is 249 Å². The summed E-state index contributed by atoms with van der Waals surface area (Å²) in [5.74, 6) is -0.315. The number of esters is 1. The molecule has 3 saturated carbocycles. The number of ether oxygens (including phenoxy) is 10. The molecule has 1 spiro atoms. The number of aliphatic hydroxyl groups is 7. The Labute approximate surface area is 483 Å². The van der Waals surface area contributed by atoms with Gasteiger partial charge < -0.3 is 83.1 Å². The van der Waals surface area contributed by atoms with Gasteiger partial charge in [0, 0.05) is 18.9 Å². The highest BCUT2D eigenvalue weighted by Crippen LogP contribution is 2.75. The molecule has 29 heteroatoms. The molecule has 27 nitrogen and oxygen atoms in total. The predicted molar refractivity (Wildman–Crippen MR) is 280 cm³/mol. The molecule has 0 aromatic rings. The minimum atomic E-state index is -5.20. The summed E-state index contributed by atoms with van der Waals surface area (Å²) in [6.45, 7) is 15.7. The molecule has 0 amide bonds. The van der Waals surface area contributed by atoms with E-state index < -0.39 is 185 Å². The van der Waals surface area contributed by atoms with Crippen molar-refractivity contribution in [3.05, 3.63) is 11.6 Å². The zero-order chi connectivity index (χ0) is 61.1. The number of carbonyl (C=O) groups is 2. The number of fused-ring (bicyclic) bond motifs is 4. The van der Waals surface area contributed by atoms with Crippen LogP contribution in [0.1, 0.15) is 120 Å². The van der Waals surface area contributed by atoms with E-state index >= 15 is 0 Å². The number of ketones is 1. The molecule has 0 aromatic carbocycles. The molecule has 476 valence electrons. The molecule has 0 bridgehead atoms. The van der Waals surface area contributed by atoms with Gasteiger partial charge in [-0.15, -0.1) is 0 Å². The van der Waals surface area contributed by atoms with Crippen LogP contribution < -0.4 is 0 Å². The van der Waals surface area contributed by atoms with E-state index in [0.717, 1.165) is 18.4 Å². The van der Waals surface area contributed by atoms with E-state index in [1.807, 2.05) is 6.92 Å². The second-order valence-corrected chi connectivity index (χ2v) is 28.4. The normalized spacial score (nSPS) is 49.1. The van der Waals surface area contributed by atoms with Gasteiger partial charge >= 0.3 is 26.8 Å². The first kappa shape index (κ1) is 65.4. The molecule has 5 aliphatic heterocycles. The SMILES string of the molecule is CO[C@@H]1[C@@H](O)[C@H](O[C@@H]2[C@@H](O)[C@H](O[C@H]3[C@H](O)[C@@H](O)[C@H](O[C@H]4[C@H](O[C@H]5CC[C@]6(C)[C@@H]7CC[C@]89C(=O)O[C@@](C)(CCCC(C)C)[C@H]8C(=O)C[C@@]9(C)C7=CC[C@H]6C5(C)C)OC[C@@H](OS(=O)(=O)O)[C@@H]4O)O[C@@H]3C)O[C@H](COS(=O)(=O)O)[C@H]2O)O[C@H](C)[C@H]1O. The van der Waals surface area contributed by atoms with Gasteiger partial charge in [-0.25, -0.2) is 8.37 Å². The fraction of sp³-hybridized carbons (Fsp3) is 0.926. The molecule has 9 N–H and O–H groups in total. The van der Waals surface area contributed by atoms with Crippen molar-refractivity contribution in [2.75, 3.05) is 20.3 Å². The van der Waals surface area contributed by atoms with Crippen LogP contribution in [0.4, 0.5) is 0 Å². The largest absolute Gasteiger partial charge is 0.458 e. The summed E-state index contributed by atoms with van der Waals surface area (Å²) in [5, 5.41) is 79.6. The number of hydrogen-bond donors (Lipinski definition) is 9. The quantitative estimate of drug-likeness (QED) is 0.0514. The Morgan fingerprint density at radius 1 is 0.699 bits per heavy atom. The highest BCUT2D eigenvalue weighted by molar-refractivity contribution is 7.81. The molecule has 5 saturated heterocycles. The first-order chi connectivity index (χ1) is 38.5. The van der Waals surface area contributed by atoms with Gasteiger partial charge in [-0.2, -0.15) is 16.8 Å². The molecule has 0 unspecified atom stereocenters. The molecule has 83 heavy (non-hydrogen) atoms. The van der Waals surface area contributed by atoms with Gasteiger partial charge in [0.1, 0.15) is 90.7 Å². The number of cyclic esters (lactones) is 1. The van der Waals surface area contributed by atoms with Crippen molar-refractivity contribution >= 4 is 32.6 Å². The maximum atomic E-state index is 14.4. The molecule has 0 aromatic heterocycles. The van der Waals surface area contributed by atoms with Gasteiger partial charge in [0.15, 0.2) is 25.2 Å². The number of methoxy groups -OCH3 is 1. The van der Waals surface area contributed by atoms with Crippen molar-refractivity contribution in [1.82, 2.24) is 0 Å². The number of rotatable bonds is 18. The average Bonchev–Trinajstić information content (AvgIpc) is 1.69. The average molecular weight is 1230 g/mol. The standard InChI is InChI=1S/C54H86O27S2/c1-23(2)12-11-17-53(9)44-28(55)20-52(8)27-13-14-31-50(5,6)32(16-18-51(31,7)26(27)15-19-54(44,52)49(63)80-53)76-48-43(35(58)30(21-71-48)81-83(67,68)69)79-45-37(60)36(59)40(25(4)74-45)77-47-39(62)42(34(57)29(75-47)22-72-82(64,65)66)78-46-38(61)41(70-10)33(56)24(3)73-46/h13,23-26,29-48,56-62H,11-12,14-22H2,1-10H3,(H,64,65,66)(H,67,68,69)/t24-,25-,26-,29-,30-,31+,32+,33-,34-,35+,36-,37-,38-,39-,40-,41+,42+,43-,44-,45+,46+,47+,48+,51-,52+,53+,54-/m1/s1. The van der Waals surface area contributed by atoms with Crippen LogP contribution in [0.3, 0.4) is 0 Å². The Morgan fingerprint density at radius 3 is 1.98 bits per heavy atom. The van der Waals surface area contributed by atoms with Crippen LogP contribution >= 0.6 is 0 Å². The van der Waals surface area contributed by atoms with E-state index in [0.29, 0.717) is 44.4 Å². The zero-order valence-electron chi connectivity index (χ0n) is 48.4.